The van der Waals surface area contributed by atoms with Gasteiger partial charge in [0.05, 0.1) is 6.10 Å². The molecule has 1 aliphatic carbocycles. The van der Waals surface area contributed by atoms with E-state index in [9.17, 15) is 0 Å². The van der Waals surface area contributed by atoms with Gasteiger partial charge in [0.1, 0.15) is 6.10 Å². The van der Waals surface area contributed by atoms with Crippen molar-refractivity contribution in [3.8, 4) is 0 Å². The lowest BCUT2D eigenvalue weighted by molar-refractivity contribution is -0.0747. The molecule has 1 aliphatic rings. The van der Waals surface area contributed by atoms with E-state index in [1.165, 1.54) is 11.3 Å². The molecule has 4 atom stereocenters. The van der Waals surface area contributed by atoms with Crippen LogP contribution < -0.4 is 5.73 Å². The van der Waals surface area contributed by atoms with Crippen LogP contribution in [0.1, 0.15) is 64.4 Å². The molecule has 0 amide bonds. The van der Waals surface area contributed by atoms with Crippen molar-refractivity contribution in [3.05, 3.63) is 20.8 Å². The lowest BCUT2D eigenvalue weighted by Crippen LogP contribution is -2.37. The van der Waals surface area contributed by atoms with Crippen LogP contribution in [0.25, 0.3) is 0 Å². The lowest BCUT2D eigenvalue weighted by Gasteiger charge is -2.40. The molecular formula is C17H28BrNOS. The number of rotatable bonds is 5. The SMILES string of the molecule is CCC(N)C(OC1CC(C)CC(C)(C)C1)c1cc(Br)cs1. The van der Waals surface area contributed by atoms with Crippen LogP contribution in [0.4, 0.5) is 0 Å². The molecule has 0 bridgehead atoms. The van der Waals surface area contributed by atoms with Crippen molar-refractivity contribution < 1.29 is 4.74 Å². The van der Waals surface area contributed by atoms with Crippen molar-refractivity contribution in [1.29, 1.82) is 0 Å². The molecule has 0 saturated heterocycles. The Balaban J connectivity index is 2.11. The summed E-state index contributed by atoms with van der Waals surface area (Å²) in [6.45, 7) is 9.19. The van der Waals surface area contributed by atoms with Gasteiger partial charge in [0.25, 0.3) is 0 Å². The number of hydrogen-bond acceptors (Lipinski definition) is 3. The van der Waals surface area contributed by atoms with E-state index in [4.69, 9.17) is 10.5 Å². The van der Waals surface area contributed by atoms with E-state index in [0.717, 1.165) is 29.7 Å². The molecule has 1 fully saturated rings. The minimum atomic E-state index is 0.0254. The third-order valence-electron chi connectivity index (χ3n) is 4.41. The molecule has 1 aromatic heterocycles. The zero-order chi connectivity index (χ0) is 15.6. The maximum absolute atomic E-state index is 6.51. The number of hydrogen-bond donors (Lipinski definition) is 1. The zero-order valence-corrected chi connectivity index (χ0v) is 16.0. The first-order chi connectivity index (χ1) is 9.80. The average Bonchev–Trinajstić information content (AvgIpc) is 2.79. The van der Waals surface area contributed by atoms with E-state index in [-0.39, 0.29) is 12.1 Å². The Morgan fingerprint density at radius 3 is 2.71 bits per heavy atom. The Hall–Kier alpha value is 0.1000. The van der Waals surface area contributed by atoms with Crippen molar-refractivity contribution >= 4 is 27.3 Å². The second-order valence-electron chi connectivity index (χ2n) is 7.33. The van der Waals surface area contributed by atoms with Gasteiger partial charge in [-0.1, -0.05) is 27.7 Å². The topological polar surface area (TPSA) is 35.2 Å². The van der Waals surface area contributed by atoms with E-state index in [0.29, 0.717) is 11.5 Å². The van der Waals surface area contributed by atoms with Crippen LogP contribution >= 0.6 is 27.3 Å². The summed E-state index contributed by atoms with van der Waals surface area (Å²) in [5, 5.41) is 2.11. The highest BCUT2D eigenvalue weighted by molar-refractivity contribution is 9.10. The van der Waals surface area contributed by atoms with Gasteiger partial charge < -0.3 is 10.5 Å². The van der Waals surface area contributed by atoms with E-state index >= 15 is 0 Å². The number of thiophene rings is 1. The largest absolute Gasteiger partial charge is 0.368 e. The summed E-state index contributed by atoms with van der Waals surface area (Å²) in [5.74, 6) is 0.729. The van der Waals surface area contributed by atoms with Gasteiger partial charge in [0.2, 0.25) is 0 Å². The van der Waals surface area contributed by atoms with Gasteiger partial charge in [-0.2, -0.15) is 0 Å². The first-order valence-electron chi connectivity index (χ1n) is 7.95. The minimum Gasteiger partial charge on any atom is -0.368 e. The summed E-state index contributed by atoms with van der Waals surface area (Å²) in [6, 6.07) is 2.22. The number of nitrogens with two attached hydrogens (primary N) is 1. The van der Waals surface area contributed by atoms with Crippen molar-refractivity contribution in [2.24, 2.45) is 17.1 Å². The highest BCUT2D eigenvalue weighted by Crippen LogP contribution is 2.42. The quantitative estimate of drug-likeness (QED) is 0.736. The third-order valence-corrected chi connectivity index (χ3v) is 6.17. The van der Waals surface area contributed by atoms with Crippen LogP contribution in [0.5, 0.6) is 0 Å². The molecule has 4 unspecified atom stereocenters. The Morgan fingerprint density at radius 2 is 2.19 bits per heavy atom. The molecule has 21 heavy (non-hydrogen) atoms. The van der Waals surface area contributed by atoms with E-state index in [1.54, 1.807) is 11.3 Å². The van der Waals surface area contributed by atoms with Gasteiger partial charge in [-0.05, 0) is 59.0 Å². The molecule has 0 spiro atoms. The molecule has 1 saturated carbocycles. The fourth-order valence-electron chi connectivity index (χ4n) is 3.64. The summed E-state index contributed by atoms with van der Waals surface area (Å²) >= 11 is 5.28. The Labute approximate surface area is 141 Å². The van der Waals surface area contributed by atoms with Gasteiger partial charge in [-0.3, -0.25) is 0 Å². The van der Waals surface area contributed by atoms with Gasteiger partial charge >= 0.3 is 0 Å². The van der Waals surface area contributed by atoms with Crippen LogP contribution in [0, 0.1) is 11.3 Å². The normalized spacial score (nSPS) is 28.3. The molecule has 0 radical (unpaired) electrons. The van der Waals surface area contributed by atoms with Crippen molar-refractivity contribution in [1.82, 2.24) is 0 Å². The minimum absolute atomic E-state index is 0.0254. The summed E-state index contributed by atoms with van der Waals surface area (Å²) in [7, 11) is 0. The summed E-state index contributed by atoms with van der Waals surface area (Å²) in [5.41, 5.74) is 6.72. The maximum atomic E-state index is 6.51. The summed E-state index contributed by atoms with van der Waals surface area (Å²) < 4.78 is 7.64. The zero-order valence-electron chi connectivity index (χ0n) is 13.6. The monoisotopic (exact) mass is 373 g/mol. The molecule has 1 aromatic rings. The van der Waals surface area contributed by atoms with Crippen LogP contribution in [-0.2, 0) is 4.74 Å². The van der Waals surface area contributed by atoms with Crippen molar-refractivity contribution in [2.45, 2.75) is 71.6 Å². The molecule has 0 aromatic carbocycles. The number of ether oxygens (including phenoxy) is 1. The highest BCUT2D eigenvalue weighted by Gasteiger charge is 2.35. The predicted molar refractivity (Wildman–Crippen MR) is 94.7 cm³/mol. The van der Waals surface area contributed by atoms with Crippen molar-refractivity contribution in [2.75, 3.05) is 0 Å². The number of halogens is 1. The predicted octanol–water partition coefficient (Wildman–Crippen LogP) is 5.52. The standard InChI is InChI=1S/C17H28BrNOS/c1-5-14(19)16(15-7-12(18)10-21-15)20-13-6-11(2)8-17(3,4)9-13/h7,10-11,13-14,16H,5-6,8-9,19H2,1-4H3. The van der Waals surface area contributed by atoms with Crippen LogP contribution in [0.15, 0.2) is 15.9 Å². The highest BCUT2D eigenvalue weighted by atomic mass is 79.9. The van der Waals surface area contributed by atoms with Crippen LogP contribution in [0.2, 0.25) is 0 Å². The Bertz CT molecular complexity index is 459. The molecule has 120 valence electrons. The Kier molecular flexibility index (Phi) is 5.91. The summed E-state index contributed by atoms with van der Waals surface area (Å²) in [6.07, 6.45) is 4.87. The first kappa shape index (κ1) is 17.5. The van der Waals surface area contributed by atoms with Gasteiger partial charge in [-0.25, -0.2) is 0 Å². The second kappa shape index (κ2) is 7.12. The Morgan fingerprint density at radius 1 is 1.48 bits per heavy atom. The fourth-order valence-corrected chi connectivity index (χ4v) is 5.19. The molecule has 4 heteroatoms. The average molecular weight is 374 g/mol. The van der Waals surface area contributed by atoms with Gasteiger partial charge in [0, 0.05) is 20.8 Å². The van der Waals surface area contributed by atoms with E-state index < -0.39 is 0 Å². The lowest BCUT2D eigenvalue weighted by atomic mass is 9.71. The molecule has 2 N–H and O–H groups in total. The van der Waals surface area contributed by atoms with Crippen molar-refractivity contribution in [3.63, 3.8) is 0 Å². The van der Waals surface area contributed by atoms with E-state index in [1.807, 2.05) is 0 Å². The summed E-state index contributed by atoms with van der Waals surface area (Å²) in [4.78, 5) is 1.24. The molecule has 1 heterocycles. The molecular weight excluding hydrogens is 346 g/mol. The third kappa shape index (κ3) is 4.78. The van der Waals surface area contributed by atoms with Crippen LogP contribution in [-0.4, -0.2) is 12.1 Å². The fraction of sp³-hybridized carbons (Fsp3) is 0.765. The first-order valence-corrected chi connectivity index (χ1v) is 9.63. The smallest absolute Gasteiger partial charge is 0.107 e. The van der Waals surface area contributed by atoms with Crippen LogP contribution in [0.3, 0.4) is 0 Å². The van der Waals surface area contributed by atoms with Gasteiger partial charge in [0.15, 0.2) is 0 Å². The molecule has 2 rings (SSSR count). The van der Waals surface area contributed by atoms with E-state index in [2.05, 4.69) is 55.1 Å². The van der Waals surface area contributed by atoms with Gasteiger partial charge in [-0.15, -0.1) is 11.3 Å². The maximum Gasteiger partial charge on any atom is 0.107 e. The molecule has 2 nitrogen and oxygen atoms in total. The second-order valence-corrected chi connectivity index (χ2v) is 9.19. The molecule has 0 aliphatic heterocycles.